The fourth-order valence-electron chi connectivity index (χ4n) is 1.58. The van der Waals surface area contributed by atoms with Crippen molar-refractivity contribution in [3.63, 3.8) is 0 Å². The molecule has 1 aromatic rings. The van der Waals surface area contributed by atoms with E-state index in [4.69, 9.17) is 0 Å². The average molecular weight is 297 g/mol. The van der Waals surface area contributed by atoms with Gasteiger partial charge in [0.2, 0.25) is 0 Å². The zero-order valence-corrected chi connectivity index (χ0v) is 12.1. The van der Waals surface area contributed by atoms with Gasteiger partial charge in [-0.25, -0.2) is 0 Å². The fraction of sp³-hybridized carbons (Fsp3) is 0.273. The number of allylic oxidation sites excluding steroid dienone is 1. The molecule has 0 nitrogen and oxygen atoms in total. The van der Waals surface area contributed by atoms with Crippen LogP contribution in [0.15, 0.2) is 24.3 Å². The van der Waals surface area contributed by atoms with Crippen LogP contribution in [0.4, 0.5) is 0 Å². The maximum atomic E-state index is 2.30. The van der Waals surface area contributed by atoms with Crippen molar-refractivity contribution in [3.05, 3.63) is 41.0 Å². The van der Waals surface area contributed by atoms with E-state index in [2.05, 4.69) is 57.7 Å². The maximum Gasteiger partial charge on any atom is -1.00 e. The second kappa shape index (κ2) is 7.76. The number of hydrogen-bond donors (Lipinski definition) is 0. The van der Waals surface area contributed by atoms with Gasteiger partial charge >= 0.3 is 85.0 Å². The normalized spacial score (nSPS) is 15.8. The van der Waals surface area contributed by atoms with Crippen molar-refractivity contribution in [2.75, 3.05) is 0 Å². The summed E-state index contributed by atoms with van der Waals surface area (Å²) in [6.07, 6.45) is 5.64. The van der Waals surface area contributed by atoms with E-state index >= 15 is 0 Å². The minimum atomic E-state index is 0. The molecule has 0 spiro atoms. The second-order valence-corrected chi connectivity index (χ2v) is 4.12. The van der Waals surface area contributed by atoms with Crippen molar-refractivity contribution in [2.24, 2.45) is 0 Å². The number of aryl methyl sites for hydroxylation is 1. The molecule has 0 heterocycles. The zero-order chi connectivity index (χ0) is 8.55. The van der Waals surface area contributed by atoms with Crippen LogP contribution in [0.25, 0.3) is 6.08 Å². The molecule has 0 amide bonds. The minimum absolute atomic E-state index is 0. The Bertz CT molecular complexity index is 337. The maximum absolute atomic E-state index is 2.30. The van der Waals surface area contributed by atoms with Gasteiger partial charge in [0.1, 0.15) is 0 Å². The van der Waals surface area contributed by atoms with Gasteiger partial charge in [0.15, 0.2) is 0 Å². The van der Waals surface area contributed by atoms with Crippen LogP contribution < -0.4 is 37.2 Å². The van der Waals surface area contributed by atoms with Crippen LogP contribution in [-0.4, -0.2) is 0 Å². The summed E-state index contributed by atoms with van der Waals surface area (Å²) in [6.45, 7) is 2.20. The summed E-state index contributed by atoms with van der Waals surface area (Å²) < 4.78 is 0.617. The fourth-order valence-corrected chi connectivity index (χ4v) is 2.14. The van der Waals surface area contributed by atoms with Crippen LogP contribution in [0.1, 0.15) is 27.8 Å². The van der Waals surface area contributed by atoms with Crippen molar-refractivity contribution >= 4 is 6.08 Å². The number of rotatable bonds is 1. The summed E-state index contributed by atoms with van der Waals surface area (Å²) in [7, 11) is 0. The molecule has 0 saturated heterocycles. The third-order valence-electron chi connectivity index (χ3n) is 2.36. The first-order valence-corrected chi connectivity index (χ1v) is 5.23. The second-order valence-electron chi connectivity index (χ2n) is 3.15. The van der Waals surface area contributed by atoms with Crippen molar-refractivity contribution in [1.82, 2.24) is 0 Å². The van der Waals surface area contributed by atoms with Crippen molar-refractivity contribution in [1.29, 1.82) is 0 Å². The molecule has 0 radical (unpaired) electrons. The van der Waals surface area contributed by atoms with E-state index in [9.17, 15) is 0 Å². The topological polar surface area (TPSA) is 0 Å². The minimum Gasteiger partial charge on any atom is -1.00 e. The molecule has 0 saturated carbocycles. The van der Waals surface area contributed by atoms with Crippen LogP contribution in [0.5, 0.6) is 0 Å². The SMILES string of the molecule is CCc1ccc2c(c1)C=C[CH]2[Ti+3].[Cl-].[Cl-].[Cl-]. The molecule has 0 aliphatic heterocycles. The summed E-state index contributed by atoms with van der Waals surface area (Å²) in [6, 6.07) is 6.80. The van der Waals surface area contributed by atoms with E-state index in [1.165, 1.54) is 16.7 Å². The van der Waals surface area contributed by atoms with Gasteiger partial charge in [-0.15, -0.1) is 0 Å². The van der Waals surface area contributed by atoms with E-state index in [1.54, 1.807) is 0 Å². The van der Waals surface area contributed by atoms with Crippen LogP contribution in [0, 0.1) is 0 Å². The Morgan fingerprint density at radius 3 is 2.47 bits per heavy atom. The Hall–Kier alpha value is 0.544. The molecule has 1 atom stereocenters. The molecular formula is C11H11Cl3Ti. The number of benzene rings is 1. The van der Waals surface area contributed by atoms with E-state index in [-0.39, 0.29) is 37.2 Å². The Morgan fingerprint density at radius 2 is 1.87 bits per heavy atom. The molecule has 15 heavy (non-hydrogen) atoms. The van der Waals surface area contributed by atoms with Gasteiger partial charge in [-0.3, -0.25) is 0 Å². The first-order chi connectivity index (χ1) is 5.81. The van der Waals surface area contributed by atoms with Gasteiger partial charge in [-0.05, 0) is 0 Å². The van der Waals surface area contributed by atoms with Crippen LogP contribution in [-0.2, 0) is 26.9 Å². The Labute approximate surface area is 122 Å². The number of hydrogen-bond acceptors (Lipinski definition) is 0. The van der Waals surface area contributed by atoms with E-state index in [0.29, 0.717) is 4.22 Å². The van der Waals surface area contributed by atoms with Crippen molar-refractivity contribution in [2.45, 2.75) is 17.6 Å². The Balaban J connectivity index is 0. The molecule has 0 N–H and O–H groups in total. The third-order valence-corrected chi connectivity index (χ3v) is 3.15. The first-order valence-electron chi connectivity index (χ1n) is 4.33. The Kier molecular flexibility index (Phi) is 9.27. The van der Waals surface area contributed by atoms with Gasteiger partial charge in [-0.1, -0.05) is 0 Å². The first kappa shape index (κ1) is 17.9. The summed E-state index contributed by atoms with van der Waals surface area (Å²) >= 11 is 2.24. The molecule has 1 aliphatic rings. The number of halogens is 3. The van der Waals surface area contributed by atoms with Crippen LogP contribution in [0.2, 0.25) is 0 Å². The largest absolute Gasteiger partial charge is 1.00 e. The molecular weight excluding hydrogens is 286 g/mol. The van der Waals surface area contributed by atoms with E-state index in [0.717, 1.165) is 6.42 Å². The molecule has 0 aromatic heterocycles. The molecule has 1 aliphatic carbocycles. The van der Waals surface area contributed by atoms with Crippen molar-refractivity contribution < 1.29 is 57.7 Å². The summed E-state index contributed by atoms with van der Waals surface area (Å²) in [4.78, 5) is 0. The molecule has 0 fully saturated rings. The average Bonchev–Trinajstić information content (AvgIpc) is 2.47. The van der Waals surface area contributed by atoms with Gasteiger partial charge in [0.25, 0.3) is 0 Å². The molecule has 0 bridgehead atoms. The van der Waals surface area contributed by atoms with Crippen LogP contribution >= 0.6 is 0 Å². The van der Waals surface area contributed by atoms with E-state index in [1.807, 2.05) is 0 Å². The third kappa shape index (κ3) is 3.80. The van der Waals surface area contributed by atoms with Gasteiger partial charge in [-0.2, -0.15) is 0 Å². The smallest absolute Gasteiger partial charge is 1.00 e. The van der Waals surface area contributed by atoms with Gasteiger partial charge < -0.3 is 37.2 Å². The summed E-state index contributed by atoms with van der Waals surface area (Å²) in [5, 5.41) is 0. The monoisotopic (exact) mass is 296 g/mol. The van der Waals surface area contributed by atoms with E-state index < -0.39 is 0 Å². The molecule has 80 valence electrons. The zero-order valence-electron chi connectivity index (χ0n) is 8.31. The Morgan fingerprint density at radius 1 is 1.20 bits per heavy atom. The van der Waals surface area contributed by atoms with Gasteiger partial charge in [0, 0.05) is 0 Å². The molecule has 1 unspecified atom stereocenters. The predicted octanol–water partition coefficient (Wildman–Crippen LogP) is -6.12. The van der Waals surface area contributed by atoms with Crippen LogP contribution in [0.3, 0.4) is 0 Å². The van der Waals surface area contributed by atoms with Crippen molar-refractivity contribution in [3.8, 4) is 0 Å². The van der Waals surface area contributed by atoms with Gasteiger partial charge in [0.05, 0.1) is 0 Å². The quantitative estimate of drug-likeness (QED) is 0.453. The standard InChI is InChI=1S/C11H11.3ClH.Ti/c1-2-9-6-7-10-4-3-5-11(10)8-9;;;;/h3-8H,2H2,1H3;3*1H;/q;;;;+3/p-3. The summed E-state index contributed by atoms with van der Waals surface area (Å²) in [5.41, 5.74) is 4.33. The number of fused-ring (bicyclic) bond motifs is 1. The molecule has 1 aromatic carbocycles. The molecule has 4 heteroatoms. The summed E-state index contributed by atoms with van der Waals surface area (Å²) in [5.74, 6) is 0. The predicted molar refractivity (Wildman–Crippen MR) is 47.6 cm³/mol. The molecule has 2 rings (SSSR count).